The highest BCUT2D eigenvalue weighted by Crippen LogP contribution is 2.29. The van der Waals surface area contributed by atoms with Gasteiger partial charge in [-0.25, -0.2) is 0 Å². The van der Waals surface area contributed by atoms with E-state index in [0.29, 0.717) is 5.75 Å². The Balaban J connectivity index is 1.73. The second-order valence-electron chi connectivity index (χ2n) is 5.17. The van der Waals surface area contributed by atoms with Gasteiger partial charge >= 0.3 is 0 Å². The Hall–Kier alpha value is -1.00. The number of rotatable bonds is 6. The van der Waals surface area contributed by atoms with E-state index in [1.807, 2.05) is 18.2 Å². The molecule has 0 unspecified atom stereocenters. The quantitative estimate of drug-likeness (QED) is 0.840. The summed E-state index contributed by atoms with van der Waals surface area (Å²) in [6.45, 7) is 0.0576. The molecule has 0 heterocycles. The third kappa shape index (κ3) is 4.25. The Morgan fingerprint density at radius 1 is 1.26 bits per heavy atom. The standard InChI is InChI=1S/C15H21NO2S/c17-12-15(8-4-5-9-15)16-14(18)11-19-10-13-6-2-1-3-7-13/h1-3,6-7,17H,4-5,8-12H2,(H,16,18). The Labute approximate surface area is 118 Å². The summed E-state index contributed by atoms with van der Waals surface area (Å²) in [5.41, 5.74) is 0.891. The molecule has 0 aliphatic heterocycles. The molecule has 0 bridgehead atoms. The SMILES string of the molecule is O=C(CSCc1ccccc1)NC1(CO)CCCC1. The monoisotopic (exact) mass is 279 g/mol. The summed E-state index contributed by atoms with van der Waals surface area (Å²) in [7, 11) is 0. The normalized spacial score (nSPS) is 17.3. The van der Waals surface area contributed by atoms with Crippen LogP contribution in [0.5, 0.6) is 0 Å². The van der Waals surface area contributed by atoms with Gasteiger partial charge in [-0.2, -0.15) is 0 Å². The van der Waals surface area contributed by atoms with E-state index in [4.69, 9.17) is 0 Å². The van der Waals surface area contributed by atoms with E-state index in [-0.39, 0.29) is 18.1 Å². The second kappa shape index (κ2) is 6.96. The summed E-state index contributed by atoms with van der Waals surface area (Å²) >= 11 is 1.61. The van der Waals surface area contributed by atoms with Crippen molar-refractivity contribution in [2.45, 2.75) is 37.0 Å². The lowest BCUT2D eigenvalue weighted by Gasteiger charge is -2.27. The zero-order chi connectivity index (χ0) is 13.6. The maximum Gasteiger partial charge on any atom is 0.230 e. The van der Waals surface area contributed by atoms with Crippen molar-refractivity contribution in [1.29, 1.82) is 0 Å². The van der Waals surface area contributed by atoms with Gasteiger partial charge in [-0.3, -0.25) is 4.79 Å². The average Bonchev–Trinajstić information content (AvgIpc) is 2.89. The minimum Gasteiger partial charge on any atom is -0.394 e. The molecule has 2 N–H and O–H groups in total. The Morgan fingerprint density at radius 3 is 2.58 bits per heavy atom. The minimum atomic E-state index is -0.343. The number of carbonyl (C=O) groups is 1. The van der Waals surface area contributed by atoms with Crippen LogP contribution in [-0.4, -0.2) is 28.9 Å². The largest absolute Gasteiger partial charge is 0.394 e. The van der Waals surface area contributed by atoms with Crippen LogP contribution in [0.4, 0.5) is 0 Å². The minimum absolute atomic E-state index is 0.0388. The van der Waals surface area contributed by atoms with Crippen molar-refractivity contribution in [1.82, 2.24) is 5.32 Å². The topological polar surface area (TPSA) is 49.3 Å². The van der Waals surface area contributed by atoms with Crippen LogP contribution in [0, 0.1) is 0 Å². The Bertz CT molecular complexity index is 402. The lowest BCUT2D eigenvalue weighted by molar-refractivity contribution is -0.121. The van der Waals surface area contributed by atoms with Gasteiger partial charge in [-0.05, 0) is 18.4 Å². The molecule has 2 rings (SSSR count). The number of amides is 1. The van der Waals surface area contributed by atoms with Crippen LogP contribution in [0.2, 0.25) is 0 Å². The molecule has 1 amide bonds. The average molecular weight is 279 g/mol. The Kier molecular flexibility index (Phi) is 5.28. The number of thioether (sulfide) groups is 1. The summed E-state index contributed by atoms with van der Waals surface area (Å²) in [5.74, 6) is 1.34. The zero-order valence-corrected chi connectivity index (χ0v) is 11.9. The smallest absolute Gasteiger partial charge is 0.230 e. The molecule has 19 heavy (non-hydrogen) atoms. The third-order valence-electron chi connectivity index (χ3n) is 3.61. The van der Waals surface area contributed by atoms with E-state index in [1.165, 1.54) is 5.56 Å². The highest BCUT2D eigenvalue weighted by Gasteiger charge is 2.34. The molecule has 1 aromatic rings. The molecule has 0 atom stereocenters. The van der Waals surface area contributed by atoms with Gasteiger partial charge in [0, 0.05) is 5.75 Å². The summed E-state index contributed by atoms with van der Waals surface area (Å²) in [6.07, 6.45) is 3.99. The lowest BCUT2D eigenvalue weighted by Crippen LogP contribution is -2.49. The summed E-state index contributed by atoms with van der Waals surface area (Å²) < 4.78 is 0. The highest BCUT2D eigenvalue weighted by atomic mass is 32.2. The van der Waals surface area contributed by atoms with E-state index in [0.717, 1.165) is 31.4 Å². The van der Waals surface area contributed by atoms with Gasteiger partial charge < -0.3 is 10.4 Å². The first-order valence-corrected chi connectivity index (χ1v) is 7.93. The van der Waals surface area contributed by atoms with Gasteiger partial charge in [0.25, 0.3) is 0 Å². The van der Waals surface area contributed by atoms with Gasteiger partial charge in [0.2, 0.25) is 5.91 Å². The van der Waals surface area contributed by atoms with Gasteiger partial charge in [-0.15, -0.1) is 11.8 Å². The van der Waals surface area contributed by atoms with Crippen LogP contribution >= 0.6 is 11.8 Å². The summed E-state index contributed by atoms with van der Waals surface area (Å²) in [6, 6.07) is 10.1. The molecule has 0 spiro atoms. The number of hydrogen-bond donors (Lipinski definition) is 2. The van der Waals surface area contributed by atoms with Crippen LogP contribution in [0.3, 0.4) is 0 Å². The number of carbonyl (C=O) groups excluding carboxylic acids is 1. The third-order valence-corrected chi connectivity index (χ3v) is 4.62. The molecular formula is C15H21NO2S. The lowest BCUT2D eigenvalue weighted by atomic mass is 9.99. The molecule has 0 radical (unpaired) electrons. The molecule has 1 aliphatic carbocycles. The fraction of sp³-hybridized carbons (Fsp3) is 0.533. The molecule has 1 aromatic carbocycles. The van der Waals surface area contributed by atoms with Crippen LogP contribution in [0.15, 0.2) is 30.3 Å². The van der Waals surface area contributed by atoms with Crippen molar-refractivity contribution in [3.05, 3.63) is 35.9 Å². The fourth-order valence-corrected chi connectivity index (χ4v) is 3.33. The number of benzene rings is 1. The number of aliphatic hydroxyl groups excluding tert-OH is 1. The first-order valence-electron chi connectivity index (χ1n) is 6.78. The summed E-state index contributed by atoms with van der Waals surface area (Å²) in [4.78, 5) is 11.9. The van der Waals surface area contributed by atoms with E-state index in [9.17, 15) is 9.90 Å². The van der Waals surface area contributed by atoms with Crippen LogP contribution < -0.4 is 5.32 Å². The molecule has 1 fully saturated rings. The van der Waals surface area contributed by atoms with E-state index in [2.05, 4.69) is 17.4 Å². The fourth-order valence-electron chi connectivity index (χ4n) is 2.54. The van der Waals surface area contributed by atoms with Gasteiger partial charge in [0.1, 0.15) is 0 Å². The zero-order valence-electron chi connectivity index (χ0n) is 11.1. The molecule has 104 valence electrons. The van der Waals surface area contributed by atoms with Gasteiger partial charge in [0.05, 0.1) is 17.9 Å². The van der Waals surface area contributed by atoms with E-state index in [1.54, 1.807) is 11.8 Å². The summed E-state index contributed by atoms with van der Waals surface area (Å²) in [5, 5.41) is 12.5. The Morgan fingerprint density at radius 2 is 1.95 bits per heavy atom. The van der Waals surface area contributed by atoms with Gasteiger partial charge in [-0.1, -0.05) is 43.2 Å². The van der Waals surface area contributed by atoms with Crippen LogP contribution in [-0.2, 0) is 10.5 Å². The van der Waals surface area contributed by atoms with Crippen molar-refractivity contribution >= 4 is 17.7 Å². The molecule has 0 aromatic heterocycles. The molecule has 0 saturated heterocycles. The predicted octanol–water partition coefficient (Wildman–Crippen LogP) is 2.34. The number of aliphatic hydroxyl groups is 1. The van der Waals surface area contributed by atoms with Crippen LogP contribution in [0.25, 0.3) is 0 Å². The van der Waals surface area contributed by atoms with Gasteiger partial charge in [0.15, 0.2) is 0 Å². The van der Waals surface area contributed by atoms with Crippen molar-refractivity contribution < 1.29 is 9.90 Å². The number of hydrogen-bond acceptors (Lipinski definition) is 3. The molecule has 3 nitrogen and oxygen atoms in total. The maximum absolute atomic E-state index is 11.9. The maximum atomic E-state index is 11.9. The first kappa shape index (κ1) is 14.4. The first-order chi connectivity index (χ1) is 9.24. The van der Waals surface area contributed by atoms with Crippen molar-refractivity contribution in [2.24, 2.45) is 0 Å². The molecule has 1 aliphatic rings. The highest BCUT2D eigenvalue weighted by molar-refractivity contribution is 7.99. The molecular weight excluding hydrogens is 258 g/mol. The van der Waals surface area contributed by atoms with E-state index < -0.39 is 0 Å². The van der Waals surface area contributed by atoms with Crippen molar-refractivity contribution in [3.63, 3.8) is 0 Å². The molecule has 1 saturated carbocycles. The van der Waals surface area contributed by atoms with E-state index >= 15 is 0 Å². The molecule has 4 heteroatoms. The van der Waals surface area contributed by atoms with Crippen molar-refractivity contribution in [2.75, 3.05) is 12.4 Å². The van der Waals surface area contributed by atoms with Crippen molar-refractivity contribution in [3.8, 4) is 0 Å². The predicted molar refractivity (Wildman–Crippen MR) is 79.0 cm³/mol. The number of nitrogens with one attached hydrogen (secondary N) is 1. The van der Waals surface area contributed by atoms with Crippen LogP contribution in [0.1, 0.15) is 31.2 Å². The second-order valence-corrected chi connectivity index (χ2v) is 6.16.